The van der Waals surface area contributed by atoms with E-state index in [9.17, 15) is 14.7 Å². The van der Waals surface area contributed by atoms with Gasteiger partial charge in [-0.1, -0.05) is 44.2 Å². The van der Waals surface area contributed by atoms with Gasteiger partial charge in [0.2, 0.25) is 5.91 Å². The summed E-state index contributed by atoms with van der Waals surface area (Å²) in [5.41, 5.74) is 1.26. The third-order valence-electron chi connectivity index (χ3n) is 4.81. The van der Waals surface area contributed by atoms with Crippen LogP contribution in [0.2, 0.25) is 0 Å². The van der Waals surface area contributed by atoms with Crippen LogP contribution in [0.4, 0.5) is 5.69 Å². The molecule has 2 N–H and O–H groups in total. The van der Waals surface area contributed by atoms with Crippen LogP contribution in [0.1, 0.15) is 25.5 Å². The minimum absolute atomic E-state index is 0.0476. The van der Waals surface area contributed by atoms with E-state index in [0.29, 0.717) is 23.5 Å². The molecule has 0 unspecified atom stereocenters. The highest BCUT2D eigenvalue weighted by atomic mass is 16.5. The van der Waals surface area contributed by atoms with Crippen molar-refractivity contribution >= 4 is 17.5 Å². The fourth-order valence-electron chi connectivity index (χ4n) is 3.37. The van der Waals surface area contributed by atoms with Crippen molar-refractivity contribution in [1.29, 1.82) is 0 Å². The predicted octanol–water partition coefficient (Wildman–Crippen LogP) is 2.62. The van der Waals surface area contributed by atoms with Crippen LogP contribution >= 0.6 is 0 Å². The van der Waals surface area contributed by atoms with Crippen LogP contribution < -0.4 is 10.1 Å². The number of hydrogen-bond acceptors (Lipinski definition) is 5. The van der Waals surface area contributed by atoms with Crippen molar-refractivity contribution in [2.45, 2.75) is 26.0 Å². The van der Waals surface area contributed by atoms with E-state index in [4.69, 9.17) is 9.47 Å². The van der Waals surface area contributed by atoms with Gasteiger partial charge >= 0.3 is 0 Å². The molecule has 1 heterocycles. The molecule has 1 fully saturated rings. The number of benzene rings is 2. The number of anilines is 1. The molecule has 0 saturated carbocycles. The maximum atomic E-state index is 12.2. The molecule has 1 saturated heterocycles. The zero-order valence-corrected chi connectivity index (χ0v) is 17.3. The number of ether oxygens (including phenoxy) is 2. The second kappa shape index (κ2) is 10.2. The molecule has 160 valence electrons. The van der Waals surface area contributed by atoms with E-state index in [-0.39, 0.29) is 37.6 Å². The number of carbonyl (C=O) groups excluding carboxylic acids is 2. The highest BCUT2D eigenvalue weighted by Gasteiger charge is 2.34. The summed E-state index contributed by atoms with van der Waals surface area (Å²) in [6.45, 7) is 4.87. The average Bonchev–Trinajstić information content (AvgIpc) is 2.74. The van der Waals surface area contributed by atoms with Crippen LogP contribution in [-0.4, -0.2) is 54.2 Å². The van der Waals surface area contributed by atoms with E-state index in [1.165, 1.54) is 0 Å². The van der Waals surface area contributed by atoms with Gasteiger partial charge in [0.25, 0.3) is 5.91 Å². The number of hydrogen-bond donors (Lipinski definition) is 2. The molecule has 2 atom stereocenters. The van der Waals surface area contributed by atoms with Gasteiger partial charge in [0.1, 0.15) is 18.5 Å². The summed E-state index contributed by atoms with van der Waals surface area (Å²) in [5, 5.41) is 13.6. The molecule has 0 spiro atoms. The first-order valence-corrected chi connectivity index (χ1v) is 10.1. The highest BCUT2D eigenvalue weighted by molar-refractivity contribution is 5.91. The number of para-hydroxylation sites is 1. The summed E-state index contributed by atoms with van der Waals surface area (Å²) in [6.07, 6.45) is -0.876. The minimum atomic E-state index is -0.876. The molecule has 30 heavy (non-hydrogen) atoms. The van der Waals surface area contributed by atoms with Crippen LogP contribution in [0.15, 0.2) is 54.6 Å². The van der Waals surface area contributed by atoms with Crippen molar-refractivity contribution < 1.29 is 24.2 Å². The summed E-state index contributed by atoms with van der Waals surface area (Å²) in [5.74, 6) is 0.529. The monoisotopic (exact) mass is 412 g/mol. The number of aliphatic hydroxyl groups is 1. The number of aliphatic hydroxyl groups excluding tert-OH is 1. The van der Waals surface area contributed by atoms with E-state index < -0.39 is 12.1 Å². The van der Waals surface area contributed by atoms with Gasteiger partial charge in [-0.3, -0.25) is 9.59 Å². The van der Waals surface area contributed by atoms with Gasteiger partial charge < -0.3 is 24.8 Å². The van der Waals surface area contributed by atoms with Crippen LogP contribution in [-0.2, 0) is 14.3 Å². The number of nitrogens with one attached hydrogen (secondary N) is 1. The Morgan fingerprint density at radius 1 is 1.20 bits per heavy atom. The minimum Gasteiger partial charge on any atom is -0.484 e. The van der Waals surface area contributed by atoms with E-state index in [1.807, 2.05) is 32.0 Å². The topological polar surface area (TPSA) is 88.1 Å². The fourth-order valence-corrected chi connectivity index (χ4v) is 3.37. The second-order valence-corrected chi connectivity index (χ2v) is 7.74. The molecule has 2 aromatic carbocycles. The molecule has 3 rings (SSSR count). The lowest BCUT2D eigenvalue weighted by atomic mass is 9.99. The van der Waals surface area contributed by atoms with Gasteiger partial charge in [-0.15, -0.1) is 0 Å². The normalized spacial score (nSPS) is 17.7. The van der Waals surface area contributed by atoms with Crippen molar-refractivity contribution in [3.05, 3.63) is 60.2 Å². The van der Waals surface area contributed by atoms with Gasteiger partial charge in [-0.2, -0.15) is 0 Å². The molecule has 0 bridgehead atoms. The van der Waals surface area contributed by atoms with E-state index in [0.717, 1.165) is 0 Å². The number of nitrogens with zero attached hydrogens (tertiary/aromatic N) is 1. The van der Waals surface area contributed by atoms with Crippen LogP contribution in [0, 0.1) is 5.92 Å². The van der Waals surface area contributed by atoms with E-state index >= 15 is 0 Å². The van der Waals surface area contributed by atoms with E-state index in [1.54, 1.807) is 41.3 Å². The van der Waals surface area contributed by atoms with E-state index in [2.05, 4.69) is 5.32 Å². The Labute approximate surface area is 176 Å². The molecule has 7 heteroatoms. The van der Waals surface area contributed by atoms with Gasteiger partial charge in [0.15, 0.2) is 6.61 Å². The molecule has 0 aliphatic carbocycles. The quantitative estimate of drug-likeness (QED) is 0.696. The average molecular weight is 412 g/mol. The zero-order valence-electron chi connectivity index (χ0n) is 17.3. The Bertz CT molecular complexity index is 838. The molecule has 0 aromatic heterocycles. The summed E-state index contributed by atoms with van der Waals surface area (Å²) >= 11 is 0. The molecular weight excluding hydrogens is 384 g/mol. The van der Waals surface area contributed by atoms with Crippen LogP contribution in [0.25, 0.3) is 0 Å². The maximum absolute atomic E-state index is 12.2. The van der Waals surface area contributed by atoms with Gasteiger partial charge in [0, 0.05) is 12.2 Å². The molecule has 1 aliphatic heterocycles. The largest absolute Gasteiger partial charge is 0.484 e. The Morgan fingerprint density at radius 2 is 1.90 bits per heavy atom. The Hall–Kier alpha value is -2.90. The summed E-state index contributed by atoms with van der Waals surface area (Å²) in [6, 6.07) is 15.6. The Balaban J connectivity index is 1.58. The van der Waals surface area contributed by atoms with Crippen LogP contribution in [0.3, 0.4) is 0 Å². The maximum Gasteiger partial charge on any atom is 0.262 e. The van der Waals surface area contributed by atoms with Crippen molar-refractivity contribution in [3.8, 4) is 5.75 Å². The lowest BCUT2D eigenvalue weighted by molar-refractivity contribution is -0.155. The summed E-state index contributed by atoms with van der Waals surface area (Å²) in [7, 11) is 0. The lowest BCUT2D eigenvalue weighted by Crippen LogP contribution is -2.53. The number of morpholine rings is 1. The standard InChI is InChI=1S/C23H28N2O5/c1-16(2)12-25-20(13-29-15-22(25)27)23(28)17-8-10-18(11-9-17)24-21(26)14-30-19-6-4-3-5-7-19/h3-11,16,20,23,28H,12-15H2,1-2H3,(H,24,26)/t20-,23-/m1/s1. The molecule has 7 nitrogen and oxygen atoms in total. The second-order valence-electron chi connectivity index (χ2n) is 7.74. The van der Waals surface area contributed by atoms with Gasteiger partial charge in [0.05, 0.1) is 12.6 Å². The predicted molar refractivity (Wildman–Crippen MR) is 113 cm³/mol. The molecular formula is C23H28N2O5. The molecule has 2 amide bonds. The highest BCUT2D eigenvalue weighted by Crippen LogP contribution is 2.26. The van der Waals surface area contributed by atoms with Crippen LogP contribution in [0.5, 0.6) is 5.75 Å². The summed E-state index contributed by atoms with van der Waals surface area (Å²) < 4.78 is 10.8. The van der Waals surface area contributed by atoms with Crippen molar-refractivity contribution in [3.63, 3.8) is 0 Å². The van der Waals surface area contributed by atoms with Crippen molar-refractivity contribution in [2.75, 3.05) is 31.7 Å². The smallest absolute Gasteiger partial charge is 0.262 e. The van der Waals surface area contributed by atoms with Crippen molar-refractivity contribution in [2.24, 2.45) is 5.92 Å². The lowest BCUT2D eigenvalue weighted by Gasteiger charge is -2.39. The fraction of sp³-hybridized carbons (Fsp3) is 0.391. The third kappa shape index (κ3) is 5.81. The van der Waals surface area contributed by atoms with Gasteiger partial charge in [-0.05, 0) is 35.7 Å². The van der Waals surface area contributed by atoms with Gasteiger partial charge in [-0.25, -0.2) is 0 Å². The number of carbonyl (C=O) groups is 2. The Morgan fingerprint density at radius 3 is 2.57 bits per heavy atom. The third-order valence-corrected chi connectivity index (χ3v) is 4.81. The molecule has 2 aromatic rings. The zero-order chi connectivity index (χ0) is 21.5. The number of amides is 2. The van der Waals surface area contributed by atoms with Crippen molar-refractivity contribution in [1.82, 2.24) is 4.90 Å². The summed E-state index contributed by atoms with van der Waals surface area (Å²) in [4.78, 5) is 26.0. The molecule has 0 radical (unpaired) electrons. The SMILES string of the molecule is CC(C)CN1C(=O)COC[C@@H]1[C@H](O)c1ccc(NC(=O)COc2ccccc2)cc1. The molecule has 1 aliphatic rings. The first kappa shape index (κ1) is 21.8. The first-order valence-electron chi connectivity index (χ1n) is 10.1. The Kier molecular flexibility index (Phi) is 7.43. The number of rotatable bonds is 8. The first-order chi connectivity index (χ1) is 14.4.